The summed E-state index contributed by atoms with van der Waals surface area (Å²) in [5.41, 5.74) is 0.984. The van der Waals surface area contributed by atoms with E-state index in [1.165, 1.54) is 17.5 Å². The van der Waals surface area contributed by atoms with Gasteiger partial charge in [0.1, 0.15) is 12.1 Å². The molecule has 0 aromatic heterocycles. The first kappa shape index (κ1) is 23.1. The van der Waals surface area contributed by atoms with Crippen LogP contribution in [-0.2, 0) is 11.2 Å². The normalized spacial score (nSPS) is 28.8. The standard InChI is InChI=1S/C25H36N2O5/c28-21-12-6-7-14-25(21,32)17-26(24(30)31)16-22(29)27-15-13-18-8-4-5-11-20(18)23(27)19-9-2-1-3-10-19/h4-5,8,11,19,21,23,28,32H,1-3,6-7,9-10,12-17H2,(H,30,31)/t21-,23?,25-/m1/s1. The van der Waals surface area contributed by atoms with E-state index in [2.05, 4.69) is 12.1 Å². The first-order chi connectivity index (χ1) is 15.4. The molecule has 3 N–H and O–H groups in total. The maximum absolute atomic E-state index is 13.5. The molecule has 1 aromatic carbocycles. The van der Waals surface area contributed by atoms with Gasteiger partial charge in [0.15, 0.2) is 0 Å². The summed E-state index contributed by atoms with van der Waals surface area (Å²) in [6.45, 7) is 0.0425. The van der Waals surface area contributed by atoms with Crippen molar-refractivity contribution in [3.8, 4) is 0 Å². The molecule has 2 aliphatic carbocycles. The van der Waals surface area contributed by atoms with Gasteiger partial charge in [-0.3, -0.25) is 9.69 Å². The Bertz CT molecular complexity index is 824. The van der Waals surface area contributed by atoms with Gasteiger partial charge in [-0.15, -0.1) is 0 Å². The van der Waals surface area contributed by atoms with E-state index in [9.17, 15) is 24.9 Å². The molecule has 0 spiro atoms. The lowest BCUT2D eigenvalue weighted by molar-refractivity contribution is -0.140. The number of aliphatic hydroxyl groups excluding tert-OH is 1. The highest BCUT2D eigenvalue weighted by molar-refractivity contribution is 5.82. The Hall–Kier alpha value is -2.12. The van der Waals surface area contributed by atoms with E-state index >= 15 is 0 Å². The molecule has 2 amide bonds. The van der Waals surface area contributed by atoms with Gasteiger partial charge in [-0.2, -0.15) is 0 Å². The lowest BCUT2D eigenvalue weighted by atomic mass is 9.77. The highest BCUT2D eigenvalue weighted by atomic mass is 16.4. The van der Waals surface area contributed by atoms with E-state index in [0.29, 0.717) is 25.3 Å². The van der Waals surface area contributed by atoms with Crippen LogP contribution in [-0.4, -0.2) is 68.5 Å². The molecule has 1 aromatic rings. The largest absolute Gasteiger partial charge is 0.465 e. The number of aliphatic hydroxyl groups is 2. The van der Waals surface area contributed by atoms with Gasteiger partial charge in [0.2, 0.25) is 5.91 Å². The summed E-state index contributed by atoms with van der Waals surface area (Å²) in [6, 6.07) is 8.29. The molecule has 7 heteroatoms. The maximum Gasteiger partial charge on any atom is 0.407 e. The molecule has 3 aliphatic rings. The van der Waals surface area contributed by atoms with Crippen molar-refractivity contribution in [1.29, 1.82) is 0 Å². The molecule has 1 aliphatic heterocycles. The Morgan fingerprint density at radius 1 is 1.06 bits per heavy atom. The molecule has 0 radical (unpaired) electrons. The minimum atomic E-state index is -1.49. The van der Waals surface area contributed by atoms with Gasteiger partial charge in [0.05, 0.1) is 18.7 Å². The molecule has 1 unspecified atom stereocenters. The topological polar surface area (TPSA) is 101 Å². The maximum atomic E-state index is 13.5. The Morgan fingerprint density at radius 2 is 1.78 bits per heavy atom. The van der Waals surface area contributed by atoms with Crippen molar-refractivity contribution < 1.29 is 24.9 Å². The Balaban J connectivity index is 1.54. The number of carbonyl (C=O) groups is 2. The fourth-order valence-corrected chi connectivity index (χ4v) is 6.00. The minimum Gasteiger partial charge on any atom is -0.465 e. The molecular weight excluding hydrogens is 408 g/mol. The highest BCUT2D eigenvalue weighted by Gasteiger charge is 2.42. The second kappa shape index (κ2) is 9.79. The van der Waals surface area contributed by atoms with Crippen LogP contribution in [0.5, 0.6) is 0 Å². The summed E-state index contributed by atoms with van der Waals surface area (Å²) >= 11 is 0. The molecular formula is C25H36N2O5. The van der Waals surface area contributed by atoms with Crippen molar-refractivity contribution in [2.24, 2.45) is 5.92 Å². The SMILES string of the molecule is O=C(O)N(CC(=O)N1CCc2ccccc2C1C1CCCCC1)C[C@]1(O)CCCC[C@H]1O. The highest BCUT2D eigenvalue weighted by Crippen LogP contribution is 2.42. The van der Waals surface area contributed by atoms with E-state index in [4.69, 9.17) is 0 Å². The van der Waals surface area contributed by atoms with Crippen LogP contribution in [0.15, 0.2) is 24.3 Å². The van der Waals surface area contributed by atoms with E-state index in [0.717, 1.165) is 49.8 Å². The van der Waals surface area contributed by atoms with Gasteiger partial charge in [-0.25, -0.2) is 4.79 Å². The zero-order chi connectivity index (χ0) is 22.7. The monoisotopic (exact) mass is 444 g/mol. The predicted molar refractivity (Wildman–Crippen MR) is 120 cm³/mol. The molecule has 0 bridgehead atoms. The van der Waals surface area contributed by atoms with Gasteiger partial charge in [0.25, 0.3) is 0 Å². The smallest absolute Gasteiger partial charge is 0.407 e. The van der Waals surface area contributed by atoms with E-state index in [1.807, 2.05) is 17.0 Å². The lowest BCUT2D eigenvalue weighted by Gasteiger charge is -2.44. The molecule has 1 heterocycles. The fourth-order valence-electron chi connectivity index (χ4n) is 6.00. The zero-order valence-electron chi connectivity index (χ0n) is 18.8. The molecule has 32 heavy (non-hydrogen) atoms. The summed E-state index contributed by atoms with van der Waals surface area (Å²) in [5.74, 6) is 0.170. The van der Waals surface area contributed by atoms with E-state index < -0.39 is 17.8 Å². The number of hydrogen-bond acceptors (Lipinski definition) is 4. The van der Waals surface area contributed by atoms with Crippen LogP contribution in [0, 0.1) is 5.92 Å². The summed E-state index contributed by atoms with van der Waals surface area (Å²) in [4.78, 5) is 28.3. The van der Waals surface area contributed by atoms with Crippen LogP contribution >= 0.6 is 0 Å². The first-order valence-electron chi connectivity index (χ1n) is 12.1. The van der Waals surface area contributed by atoms with Gasteiger partial charge >= 0.3 is 6.09 Å². The van der Waals surface area contributed by atoms with E-state index in [1.54, 1.807) is 0 Å². The number of fused-ring (bicyclic) bond motifs is 1. The molecule has 4 rings (SSSR count). The second-order valence-corrected chi connectivity index (χ2v) is 9.88. The van der Waals surface area contributed by atoms with Crippen molar-refractivity contribution in [3.63, 3.8) is 0 Å². The van der Waals surface area contributed by atoms with Crippen LogP contribution in [0.2, 0.25) is 0 Å². The van der Waals surface area contributed by atoms with Gasteiger partial charge in [-0.05, 0) is 49.1 Å². The summed E-state index contributed by atoms with van der Waals surface area (Å²) in [6.07, 6.45) is 6.62. The third kappa shape index (κ3) is 4.79. The average Bonchev–Trinajstić information content (AvgIpc) is 2.80. The number of benzene rings is 1. The Kier molecular flexibility index (Phi) is 7.05. The zero-order valence-corrected chi connectivity index (χ0v) is 18.8. The molecule has 0 saturated heterocycles. The van der Waals surface area contributed by atoms with Crippen LogP contribution < -0.4 is 0 Å². The van der Waals surface area contributed by atoms with Gasteiger partial charge in [-0.1, -0.05) is 56.4 Å². The van der Waals surface area contributed by atoms with Crippen LogP contribution in [0.25, 0.3) is 0 Å². The van der Waals surface area contributed by atoms with Gasteiger partial charge in [0, 0.05) is 6.54 Å². The molecule has 176 valence electrons. The third-order valence-electron chi connectivity index (χ3n) is 7.77. The Labute approximate surface area is 190 Å². The van der Waals surface area contributed by atoms with Crippen molar-refractivity contribution in [1.82, 2.24) is 9.80 Å². The number of nitrogens with zero attached hydrogens (tertiary/aromatic N) is 2. The average molecular weight is 445 g/mol. The summed E-state index contributed by atoms with van der Waals surface area (Å²) in [7, 11) is 0. The first-order valence-corrected chi connectivity index (χ1v) is 12.1. The molecule has 3 atom stereocenters. The van der Waals surface area contributed by atoms with Crippen molar-refractivity contribution in [2.45, 2.75) is 82.0 Å². The Morgan fingerprint density at radius 3 is 2.50 bits per heavy atom. The van der Waals surface area contributed by atoms with Crippen LogP contribution in [0.3, 0.4) is 0 Å². The lowest BCUT2D eigenvalue weighted by Crippen LogP contribution is -2.56. The van der Waals surface area contributed by atoms with E-state index in [-0.39, 0.29) is 25.0 Å². The predicted octanol–water partition coefficient (Wildman–Crippen LogP) is 3.34. The summed E-state index contributed by atoms with van der Waals surface area (Å²) < 4.78 is 0. The number of hydrogen-bond donors (Lipinski definition) is 3. The number of carboxylic acid groups (broad SMARTS) is 1. The molecule has 2 fully saturated rings. The molecule has 7 nitrogen and oxygen atoms in total. The second-order valence-electron chi connectivity index (χ2n) is 9.88. The van der Waals surface area contributed by atoms with Crippen LogP contribution in [0.1, 0.15) is 75.0 Å². The van der Waals surface area contributed by atoms with Gasteiger partial charge < -0.3 is 20.2 Å². The fraction of sp³-hybridized carbons (Fsp3) is 0.680. The quantitative estimate of drug-likeness (QED) is 0.647. The number of carbonyl (C=O) groups excluding carboxylic acids is 1. The van der Waals surface area contributed by atoms with Crippen molar-refractivity contribution in [3.05, 3.63) is 35.4 Å². The van der Waals surface area contributed by atoms with Crippen molar-refractivity contribution in [2.75, 3.05) is 19.6 Å². The third-order valence-corrected chi connectivity index (χ3v) is 7.77. The number of amides is 2. The number of rotatable bonds is 5. The van der Waals surface area contributed by atoms with Crippen LogP contribution in [0.4, 0.5) is 4.79 Å². The summed E-state index contributed by atoms with van der Waals surface area (Å²) in [5, 5.41) is 31.0. The molecule has 2 saturated carbocycles. The minimum absolute atomic E-state index is 0.0215. The van der Waals surface area contributed by atoms with Crippen molar-refractivity contribution >= 4 is 12.0 Å².